The molecule has 0 bridgehead atoms. The summed E-state index contributed by atoms with van der Waals surface area (Å²) in [6, 6.07) is 0. The van der Waals surface area contributed by atoms with Crippen LogP contribution in [0.3, 0.4) is 0 Å². The highest BCUT2D eigenvalue weighted by Gasteiger charge is 2.31. The van der Waals surface area contributed by atoms with E-state index in [0.717, 1.165) is 31.5 Å². The number of hydrogen-bond donors (Lipinski definition) is 1. The third kappa shape index (κ3) is 4.04. The van der Waals surface area contributed by atoms with Gasteiger partial charge in [0.1, 0.15) is 0 Å². The Morgan fingerprint density at radius 2 is 2.29 bits per heavy atom. The number of nitrogens with one attached hydrogen (secondary N) is 1. The molecule has 1 fully saturated rings. The number of unbranched alkanes of at least 4 members (excludes halogenated alkanes) is 1. The fourth-order valence-corrected chi connectivity index (χ4v) is 2.17. The van der Waals surface area contributed by atoms with Crippen LogP contribution in [0.5, 0.6) is 0 Å². The van der Waals surface area contributed by atoms with Crippen molar-refractivity contribution in [2.45, 2.75) is 39.2 Å². The molecule has 0 radical (unpaired) electrons. The smallest absolute Gasteiger partial charge is 0.332 e. The summed E-state index contributed by atoms with van der Waals surface area (Å²) in [5.74, 6) is 0.0256. The van der Waals surface area contributed by atoms with Crippen molar-refractivity contribution in [3.05, 3.63) is 11.8 Å². The molecule has 1 aliphatic rings. The fourth-order valence-electron chi connectivity index (χ4n) is 2.17. The zero-order chi connectivity index (χ0) is 12.7. The van der Waals surface area contributed by atoms with Gasteiger partial charge in [-0.15, -0.1) is 0 Å². The van der Waals surface area contributed by atoms with Gasteiger partial charge in [0.15, 0.2) is 0 Å². The highest BCUT2D eigenvalue weighted by molar-refractivity contribution is 5.82. The van der Waals surface area contributed by atoms with Gasteiger partial charge in [-0.3, -0.25) is 0 Å². The number of hydrogen-bond acceptors (Lipinski definition) is 4. The highest BCUT2D eigenvalue weighted by atomic mass is 16.5. The van der Waals surface area contributed by atoms with Gasteiger partial charge in [-0.2, -0.15) is 0 Å². The second kappa shape index (κ2) is 7.33. The molecule has 0 saturated carbocycles. The zero-order valence-corrected chi connectivity index (χ0v) is 11.0. The first kappa shape index (κ1) is 14.0. The quantitative estimate of drug-likeness (QED) is 0.569. The van der Waals surface area contributed by atoms with Gasteiger partial charge in [0.05, 0.1) is 12.7 Å². The lowest BCUT2D eigenvalue weighted by Crippen LogP contribution is -2.20. The van der Waals surface area contributed by atoms with Crippen molar-refractivity contribution in [3.8, 4) is 0 Å². The van der Waals surface area contributed by atoms with E-state index in [9.17, 15) is 4.79 Å². The first-order valence-electron chi connectivity index (χ1n) is 6.37. The molecule has 1 N–H and O–H groups in total. The van der Waals surface area contributed by atoms with E-state index in [1.165, 1.54) is 0 Å². The summed E-state index contributed by atoms with van der Waals surface area (Å²) in [4.78, 5) is 11.4. The molecule has 0 unspecified atom stereocenters. The number of rotatable bonds is 6. The van der Waals surface area contributed by atoms with Crippen molar-refractivity contribution in [1.29, 1.82) is 0 Å². The number of carbonyl (C=O) groups excluding carboxylic acids is 1. The average Bonchev–Trinajstić information content (AvgIpc) is 2.69. The van der Waals surface area contributed by atoms with Crippen LogP contribution in [0.25, 0.3) is 0 Å². The lowest BCUT2D eigenvalue weighted by molar-refractivity contribution is -0.137. The van der Waals surface area contributed by atoms with Gasteiger partial charge >= 0.3 is 5.97 Å². The Hall–Kier alpha value is -1.03. The monoisotopic (exact) mass is 241 g/mol. The Morgan fingerprint density at radius 3 is 2.88 bits per heavy atom. The first-order valence-corrected chi connectivity index (χ1v) is 6.37. The van der Waals surface area contributed by atoms with Gasteiger partial charge in [0, 0.05) is 31.3 Å². The fraction of sp³-hybridized carbons (Fsp3) is 0.769. The number of ether oxygens (including phenoxy) is 2. The van der Waals surface area contributed by atoms with E-state index in [0.29, 0.717) is 12.5 Å². The number of carbonyl (C=O) groups is 1. The van der Waals surface area contributed by atoms with Crippen LogP contribution in [0.4, 0.5) is 0 Å². The molecule has 4 nitrogen and oxygen atoms in total. The van der Waals surface area contributed by atoms with Gasteiger partial charge in [-0.1, -0.05) is 19.8 Å². The molecule has 1 saturated heterocycles. The standard InChI is InChI=1S/C13H23NO3/c1-4-6-7-10-11(8-13(15)17-5-2)14-9-12(10)16-3/h8,10,12,14H,4-7,9H2,1-3H3/b11-8-/t10-,12-/m1/s1. The Balaban J connectivity index is 2.65. The van der Waals surface area contributed by atoms with Crippen LogP contribution < -0.4 is 5.32 Å². The van der Waals surface area contributed by atoms with Crippen LogP contribution in [0.15, 0.2) is 11.8 Å². The maximum absolute atomic E-state index is 11.4. The summed E-state index contributed by atoms with van der Waals surface area (Å²) in [6.45, 7) is 5.16. The molecule has 98 valence electrons. The van der Waals surface area contributed by atoms with Crippen molar-refractivity contribution in [1.82, 2.24) is 5.32 Å². The Bertz CT molecular complexity index is 276. The van der Waals surface area contributed by atoms with E-state index in [2.05, 4.69) is 12.2 Å². The molecule has 1 aliphatic heterocycles. The van der Waals surface area contributed by atoms with E-state index in [4.69, 9.17) is 9.47 Å². The minimum Gasteiger partial charge on any atom is -0.463 e. The molecule has 0 aromatic carbocycles. The van der Waals surface area contributed by atoms with Crippen molar-refractivity contribution in [3.63, 3.8) is 0 Å². The van der Waals surface area contributed by atoms with E-state index in [-0.39, 0.29) is 12.1 Å². The molecular formula is C13H23NO3. The number of methoxy groups -OCH3 is 1. The van der Waals surface area contributed by atoms with Crippen LogP contribution in [0.1, 0.15) is 33.1 Å². The van der Waals surface area contributed by atoms with E-state index in [1.54, 1.807) is 13.2 Å². The second-order valence-corrected chi connectivity index (χ2v) is 4.26. The topological polar surface area (TPSA) is 47.6 Å². The lowest BCUT2D eigenvalue weighted by Gasteiger charge is -2.17. The van der Waals surface area contributed by atoms with Crippen molar-refractivity contribution in [2.24, 2.45) is 5.92 Å². The maximum Gasteiger partial charge on any atom is 0.332 e. The minimum atomic E-state index is -0.270. The van der Waals surface area contributed by atoms with Crippen LogP contribution >= 0.6 is 0 Å². The Labute approximate surface area is 103 Å². The van der Waals surface area contributed by atoms with Crippen LogP contribution in [-0.4, -0.2) is 32.3 Å². The normalized spacial score (nSPS) is 25.9. The average molecular weight is 241 g/mol. The van der Waals surface area contributed by atoms with Crippen molar-refractivity contribution >= 4 is 5.97 Å². The van der Waals surface area contributed by atoms with Gasteiger partial charge in [0.2, 0.25) is 0 Å². The summed E-state index contributed by atoms with van der Waals surface area (Å²) in [5.41, 5.74) is 0.962. The minimum absolute atomic E-state index is 0.169. The molecule has 2 atom stereocenters. The molecule has 0 aromatic rings. The molecule has 0 amide bonds. The summed E-state index contributed by atoms with van der Waals surface area (Å²) >= 11 is 0. The third-order valence-electron chi connectivity index (χ3n) is 3.09. The molecule has 0 aliphatic carbocycles. The summed E-state index contributed by atoms with van der Waals surface area (Å²) < 4.78 is 10.4. The summed E-state index contributed by atoms with van der Waals surface area (Å²) in [7, 11) is 1.72. The van der Waals surface area contributed by atoms with E-state index in [1.807, 2.05) is 6.92 Å². The van der Waals surface area contributed by atoms with Crippen LogP contribution in [0, 0.1) is 5.92 Å². The van der Waals surface area contributed by atoms with Gasteiger partial charge in [-0.05, 0) is 13.3 Å². The van der Waals surface area contributed by atoms with Crippen molar-refractivity contribution < 1.29 is 14.3 Å². The molecule has 17 heavy (non-hydrogen) atoms. The molecule has 4 heteroatoms. The van der Waals surface area contributed by atoms with Gasteiger partial charge in [0.25, 0.3) is 0 Å². The maximum atomic E-state index is 11.4. The predicted octanol–water partition coefficient (Wildman–Crippen LogP) is 1.86. The Kier molecular flexibility index (Phi) is 6.05. The van der Waals surface area contributed by atoms with Crippen LogP contribution in [-0.2, 0) is 14.3 Å². The lowest BCUT2D eigenvalue weighted by atomic mass is 9.96. The van der Waals surface area contributed by atoms with E-state index >= 15 is 0 Å². The Morgan fingerprint density at radius 1 is 1.53 bits per heavy atom. The predicted molar refractivity (Wildman–Crippen MR) is 66.5 cm³/mol. The third-order valence-corrected chi connectivity index (χ3v) is 3.09. The molecule has 0 spiro atoms. The van der Waals surface area contributed by atoms with Crippen molar-refractivity contribution in [2.75, 3.05) is 20.3 Å². The summed E-state index contributed by atoms with van der Waals surface area (Å²) in [6.07, 6.45) is 5.09. The second-order valence-electron chi connectivity index (χ2n) is 4.26. The first-order chi connectivity index (χ1) is 8.22. The van der Waals surface area contributed by atoms with Gasteiger partial charge < -0.3 is 14.8 Å². The largest absolute Gasteiger partial charge is 0.463 e. The van der Waals surface area contributed by atoms with Gasteiger partial charge in [-0.25, -0.2) is 4.79 Å². The zero-order valence-electron chi connectivity index (χ0n) is 11.0. The number of esters is 1. The molecular weight excluding hydrogens is 218 g/mol. The molecule has 1 rings (SSSR count). The van der Waals surface area contributed by atoms with Crippen LogP contribution in [0.2, 0.25) is 0 Å². The highest BCUT2D eigenvalue weighted by Crippen LogP contribution is 2.27. The summed E-state index contributed by atoms with van der Waals surface area (Å²) in [5, 5.41) is 3.24. The molecule has 0 aromatic heterocycles. The SMILES string of the molecule is CCCC[C@@H]1/C(=C/C(=O)OCC)NC[C@H]1OC. The van der Waals surface area contributed by atoms with E-state index < -0.39 is 0 Å². The molecule has 1 heterocycles.